The molecule has 19 heavy (non-hydrogen) atoms. The van der Waals surface area contributed by atoms with E-state index >= 15 is 0 Å². The Morgan fingerprint density at radius 1 is 1.47 bits per heavy atom. The van der Waals surface area contributed by atoms with Crippen molar-refractivity contribution in [2.75, 3.05) is 25.0 Å². The van der Waals surface area contributed by atoms with E-state index in [1.54, 1.807) is 6.07 Å². The van der Waals surface area contributed by atoms with Gasteiger partial charge in [-0.3, -0.25) is 4.79 Å². The molecular formula is C12H14BrCl2NO2S. The zero-order valence-corrected chi connectivity index (χ0v) is 14.1. The van der Waals surface area contributed by atoms with Crippen LogP contribution in [0, 0.1) is 0 Å². The Morgan fingerprint density at radius 2 is 2.16 bits per heavy atom. The lowest BCUT2D eigenvalue weighted by Crippen LogP contribution is -2.41. The van der Waals surface area contributed by atoms with Crippen LogP contribution in [-0.2, 0) is 4.74 Å². The number of hydrogen-bond acceptors (Lipinski definition) is 3. The van der Waals surface area contributed by atoms with Gasteiger partial charge in [-0.15, -0.1) is 11.3 Å². The molecular weight excluding hydrogens is 373 g/mol. The Balaban J connectivity index is 1.91. The van der Waals surface area contributed by atoms with Crippen LogP contribution >= 0.6 is 50.5 Å². The third kappa shape index (κ3) is 4.08. The van der Waals surface area contributed by atoms with Gasteiger partial charge in [0, 0.05) is 18.4 Å². The summed E-state index contributed by atoms with van der Waals surface area (Å²) in [5.74, 6) is -0.0351. The van der Waals surface area contributed by atoms with Gasteiger partial charge in [-0.05, 0) is 18.9 Å². The smallest absolute Gasteiger partial charge is 0.256 e. The number of ether oxygens (including phenoxy) is 1. The SMILES string of the molecule is O=C(c1cc(Cl)sc1Cl)N1CCC(OCCBr)CC1. The van der Waals surface area contributed by atoms with E-state index in [1.807, 2.05) is 4.90 Å². The highest BCUT2D eigenvalue weighted by Crippen LogP contribution is 2.32. The highest BCUT2D eigenvalue weighted by molar-refractivity contribution is 9.09. The van der Waals surface area contributed by atoms with Crippen molar-refractivity contribution in [2.45, 2.75) is 18.9 Å². The van der Waals surface area contributed by atoms with Gasteiger partial charge in [0.15, 0.2) is 0 Å². The molecule has 1 fully saturated rings. The molecule has 1 aliphatic rings. The Hall–Kier alpha value is 0.190. The van der Waals surface area contributed by atoms with Gasteiger partial charge < -0.3 is 9.64 Å². The van der Waals surface area contributed by atoms with Crippen molar-refractivity contribution in [1.82, 2.24) is 4.90 Å². The second-order valence-electron chi connectivity index (χ2n) is 4.29. The first-order valence-corrected chi connectivity index (χ1v) is 8.73. The van der Waals surface area contributed by atoms with Gasteiger partial charge in [-0.1, -0.05) is 39.1 Å². The minimum absolute atomic E-state index is 0.0351. The van der Waals surface area contributed by atoms with E-state index in [1.165, 1.54) is 11.3 Å². The van der Waals surface area contributed by atoms with Crippen LogP contribution in [0.3, 0.4) is 0 Å². The van der Waals surface area contributed by atoms with Gasteiger partial charge in [0.1, 0.15) is 4.34 Å². The zero-order valence-electron chi connectivity index (χ0n) is 10.2. The average Bonchev–Trinajstić information content (AvgIpc) is 2.75. The van der Waals surface area contributed by atoms with Crippen molar-refractivity contribution in [3.63, 3.8) is 0 Å². The van der Waals surface area contributed by atoms with Crippen molar-refractivity contribution in [2.24, 2.45) is 0 Å². The van der Waals surface area contributed by atoms with Crippen LogP contribution in [0.25, 0.3) is 0 Å². The lowest BCUT2D eigenvalue weighted by Gasteiger charge is -2.31. The molecule has 1 saturated heterocycles. The molecule has 0 spiro atoms. The number of thiophene rings is 1. The van der Waals surface area contributed by atoms with Crippen LogP contribution in [0.1, 0.15) is 23.2 Å². The molecule has 7 heteroatoms. The fourth-order valence-corrected chi connectivity index (χ4v) is 3.73. The number of likely N-dealkylation sites (tertiary alicyclic amines) is 1. The van der Waals surface area contributed by atoms with Crippen LogP contribution in [0.2, 0.25) is 8.67 Å². The number of rotatable bonds is 4. The van der Waals surface area contributed by atoms with Crippen LogP contribution in [-0.4, -0.2) is 41.9 Å². The Kier molecular flexibility index (Phi) is 5.96. The minimum Gasteiger partial charge on any atom is -0.377 e. The average molecular weight is 387 g/mol. The quantitative estimate of drug-likeness (QED) is 0.730. The summed E-state index contributed by atoms with van der Waals surface area (Å²) in [7, 11) is 0. The summed E-state index contributed by atoms with van der Waals surface area (Å²) in [6.07, 6.45) is 1.99. The molecule has 1 amide bonds. The molecule has 1 aromatic rings. The number of nitrogens with zero attached hydrogens (tertiary/aromatic N) is 1. The first-order chi connectivity index (χ1) is 9.11. The number of carbonyl (C=O) groups is 1. The van der Waals surface area contributed by atoms with Gasteiger partial charge in [0.2, 0.25) is 0 Å². The molecule has 0 atom stereocenters. The van der Waals surface area contributed by atoms with E-state index in [4.69, 9.17) is 27.9 Å². The number of carbonyl (C=O) groups excluding carboxylic acids is 1. The van der Waals surface area contributed by atoms with E-state index in [9.17, 15) is 4.79 Å². The van der Waals surface area contributed by atoms with Crippen LogP contribution in [0.15, 0.2) is 6.07 Å². The predicted molar refractivity (Wildman–Crippen MR) is 83.0 cm³/mol. The minimum atomic E-state index is -0.0351. The highest BCUT2D eigenvalue weighted by Gasteiger charge is 2.26. The van der Waals surface area contributed by atoms with Crippen molar-refractivity contribution < 1.29 is 9.53 Å². The zero-order chi connectivity index (χ0) is 13.8. The molecule has 1 aromatic heterocycles. The highest BCUT2D eigenvalue weighted by atomic mass is 79.9. The third-order valence-corrected chi connectivity index (χ3v) is 4.86. The van der Waals surface area contributed by atoms with Gasteiger partial charge in [-0.2, -0.15) is 0 Å². The Labute approximate surface area is 134 Å². The van der Waals surface area contributed by atoms with Crippen molar-refractivity contribution in [1.29, 1.82) is 0 Å². The summed E-state index contributed by atoms with van der Waals surface area (Å²) >= 11 is 16.4. The molecule has 2 heterocycles. The molecule has 0 N–H and O–H groups in total. The Bertz CT molecular complexity index is 447. The summed E-state index contributed by atoms with van der Waals surface area (Å²) in [4.78, 5) is 14.1. The maximum absolute atomic E-state index is 12.3. The maximum Gasteiger partial charge on any atom is 0.256 e. The van der Waals surface area contributed by atoms with Gasteiger partial charge in [0.05, 0.1) is 22.6 Å². The van der Waals surface area contributed by atoms with E-state index < -0.39 is 0 Å². The van der Waals surface area contributed by atoms with Crippen LogP contribution in [0.4, 0.5) is 0 Å². The summed E-state index contributed by atoms with van der Waals surface area (Å²) in [5, 5.41) is 0.842. The fraction of sp³-hybridized carbons (Fsp3) is 0.583. The van der Waals surface area contributed by atoms with Crippen LogP contribution < -0.4 is 0 Å². The van der Waals surface area contributed by atoms with E-state index in [-0.39, 0.29) is 12.0 Å². The summed E-state index contributed by atoms with van der Waals surface area (Å²) in [6, 6.07) is 1.64. The molecule has 0 bridgehead atoms. The fourth-order valence-electron chi connectivity index (χ4n) is 2.09. The third-order valence-electron chi connectivity index (χ3n) is 3.05. The molecule has 106 valence electrons. The maximum atomic E-state index is 12.3. The number of hydrogen-bond donors (Lipinski definition) is 0. The molecule has 0 unspecified atom stereocenters. The lowest BCUT2D eigenvalue weighted by atomic mass is 10.1. The van der Waals surface area contributed by atoms with Gasteiger partial charge >= 0.3 is 0 Å². The van der Waals surface area contributed by atoms with E-state index in [0.717, 1.165) is 18.2 Å². The second kappa shape index (κ2) is 7.27. The largest absolute Gasteiger partial charge is 0.377 e. The molecule has 2 rings (SSSR count). The number of piperidine rings is 1. The van der Waals surface area contributed by atoms with Gasteiger partial charge in [-0.25, -0.2) is 0 Å². The second-order valence-corrected chi connectivity index (χ2v) is 7.37. The van der Waals surface area contributed by atoms with Crippen molar-refractivity contribution in [3.05, 3.63) is 20.3 Å². The predicted octanol–water partition coefficient (Wildman–Crippen LogP) is 4.07. The van der Waals surface area contributed by atoms with E-state index in [0.29, 0.717) is 33.9 Å². The van der Waals surface area contributed by atoms with Crippen molar-refractivity contribution in [3.8, 4) is 0 Å². The van der Waals surface area contributed by atoms with Crippen molar-refractivity contribution >= 4 is 56.4 Å². The summed E-state index contributed by atoms with van der Waals surface area (Å²) in [5.41, 5.74) is 0.511. The molecule has 0 aliphatic carbocycles. The topological polar surface area (TPSA) is 29.5 Å². The monoisotopic (exact) mass is 385 g/mol. The first-order valence-electron chi connectivity index (χ1n) is 6.03. The number of halogens is 3. The molecule has 0 saturated carbocycles. The van der Waals surface area contributed by atoms with Gasteiger partial charge in [0.25, 0.3) is 5.91 Å². The molecule has 0 aromatic carbocycles. The number of alkyl halides is 1. The lowest BCUT2D eigenvalue weighted by molar-refractivity contribution is 0.0160. The molecule has 0 radical (unpaired) electrons. The molecule has 3 nitrogen and oxygen atoms in total. The van der Waals surface area contributed by atoms with Crippen LogP contribution in [0.5, 0.6) is 0 Å². The first kappa shape index (κ1) is 15.6. The molecule has 1 aliphatic heterocycles. The Morgan fingerprint density at radius 3 is 2.68 bits per heavy atom. The standard InChI is InChI=1S/C12H14BrCl2NO2S/c13-3-6-18-8-1-4-16(5-2-8)12(17)9-7-10(14)19-11(9)15/h7-8H,1-6H2. The number of amides is 1. The summed E-state index contributed by atoms with van der Waals surface area (Å²) < 4.78 is 6.67. The van der Waals surface area contributed by atoms with E-state index in [2.05, 4.69) is 15.9 Å². The summed E-state index contributed by atoms with van der Waals surface area (Å²) in [6.45, 7) is 2.12. The normalized spacial score (nSPS) is 16.9.